The van der Waals surface area contributed by atoms with Crippen molar-refractivity contribution in [2.24, 2.45) is 11.7 Å². The summed E-state index contributed by atoms with van der Waals surface area (Å²) in [7, 11) is 0. The lowest BCUT2D eigenvalue weighted by atomic mass is 9.97. The molecule has 0 aliphatic carbocycles. The average Bonchev–Trinajstić information content (AvgIpc) is 3.18. The van der Waals surface area contributed by atoms with E-state index in [4.69, 9.17) is 10.8 Å². The van der Waals surface area contributed by atoms with Gasteiger partial charge in [0.1, 0.15) is 5.82 Å². The van der Waals surface area contributed by atoms with Crippen molar-refractivity contribution in [2.75, 3.05) is 25.0 Å². The maximum absolute atomic E-state index is 12.8. The molecule has 0 saturated carbocycles. The first-order valence-corrected chi connectivity index (χ1v) is 10.6. The van der Waals surface area contributed by atoms with Crippen LogP contribution in [-0.4, -0.2) is 41.2 Å². The van der Waals surface area contributed by atoms with E-state index in [1.54, 1.807) is 4.68 Å². The van der Waals surface area contributed by atoms with Crippen LogP contribution in [0.5, 0.6) is 0 Å². The van der Waals surface area contributed by atoms with E-state index >= 15 is 0 Å². The van der Waals surface area contributed by atoms with E-state index in [9.17, 15) is 9.59 Å². The molecule has 4 rings (SSSR count). The number of likely N-dealkylation sites (tertiary alicyclic amines) is 1. The molecule has 3 aromatic rings. The first-order chi connectivity index (χ1) is 15.0. The second kappa shape index (κ2) is 9.14. The van der Waals surface area contributed by atoms with Crippen molar-refractivity contribution in [3.05, 3.63) is 66.2 Å². The maximum Gasteiger partial charge on any atom is 0.280 e. The molecule has 31 heavy (non-hydrogen) atoms. The number of benzene rings is 2. The summed E-state index contributed by atoms with van der Waals surface area (Å²) in [4.78, 5) is 25.5. The average molecular weight is 419 g/mol. The molecular formula is C24H28N5O2+. The molecule has 1 aromatic heterocycles. The van der Waals surface area contributed by atoms with Gasteiger partial charge in [-0.05, 0) is 31.9 Å². The van der Waals surface area contributed by atoms with E-state index in [1.165, 1.54) is 5.56 Å². The summed E-state index contributed by atoms with van der Waals surface area (Å²) >= 11 is 0. The number of nitrogens with one attached hydrogen (secondary N) is 2. The van der Waals surface area contributed by atoms with E-state index in [1.807, 2.05) is 67.6 Å². The van der Waals surface area contributed by atoms with Gasteiger partial charge in [0.25, 0.3) is 5.91 Å². The van der Waals surface area contributed by atoms with Crippen LogP contribution < -0.4 is 16.0 Å². The van der Waals surface area contributed by atoms with Crippen LogP contribution in [0.15, 0.2) is 60.7 Å². The largest absolute Gasteiger partial charge is 0.369 e. The zero-order valence-electron chi connectivity index (χ0n) is 17.7. The number of aryl methyl sites for hydroxylation is 1. The van der Waals surface area contributed by atoms with Crippen LogP contribution >= 0.6 is 0 Å². The normalized spacial score (nSPS) is 18.5. The van der Waals surface area contributed by atoms with Crippen LogP contribution in [0.1, 0.15) is 18.4 Å². The molecular weight excluding hydrogens is 390 g/mol. The first kappa shape index (κ1) is 20.8. The standard InChI is InChI=1S/C24H27N5O2/c1-17-9-11-18(12-10-17)21-14-22(29(27-21)20-7-3-2-4-8-20)26-23(30)16-28-13-5-6-19(15-28)24(25)31/h2-4,7-12,14,19H,5-6,13,15-16H2,1H3,(H2,25,31)(H,26,30)/p+1/t19-/m0/s1. The number of nitrogens with zero attached hydrogens (tertiary/aromatic N) is 2. The Balaban J connectivity index is 1.55. The van der Waals surface area contributed by atoms with Crippen LogP contribution in [0, 0.1) is 12.8 Å². The van der Waals surface area contributed by atoms with Gasteiger partial charge in [-0.2, -0.15) is 5.10 Å². The zero-order valence-corrected chi connectivity index (χ0v) is 17.7. The highest BCUT2D eigenvalue weighted by atomic mass is 16.2. The predicted molar refractivity (Wildman–Crippen MR) is 120 cm³/mol. The van der Waals surface area contributed by atoms with Gasteiger partial charge in [-0.3, -0.25) is 9.59 Å². The third-order valence-electron chi connectivity index (χ3n) is 5.76. The van der Waals surface area contributed by atoms with E-state index < -0.39 is 0 Å². The molecule has 1 aliphatic rings. The van der Waals surface area contributed by atoms with Crippen molar-refractivity contribution in [2.45, 2.75) is 19.8 Å². The molecule has 2 atom stereocenters. The highest BCUT2D eigenvalue weighted by molar-refractivity contribution is 5.91. The van der Waals surface area contributed by atoms with Crippen LogP contribution in [0.2, 0.25) is 0 Å². The second-order valence-corrected chi connectivity index (χ2v) is 8.20. The molecule has 0 bridgehead atoms. The van der Waals surface area contributed by atoms with Gasteiger partial charge >= 0.3 is 0 Å². The smallest absolute Gasteiger partial charge is 0.280 e. The third kappa shape index (κ3) is 5.00. The van der Waals surface area contributed by atoms with Crippen molar-refractivity contribution in [1.82, 2.24) is 9.78 Å². The maximum atomic E-state index is 12.8. The molecule has 0 spiro atoms. The molecule has 2 heterocycles. The topological polar surface area (TPSA) is 94.5 Å². The Hall–Kier alpha value is -3.45. The molecule has 4 N–H and O–H groups in total. The molecule has 1 fully saturated rings. The number of nitrogens with two attached hydrogens (primary N) is 1. The Labute approximate surface area is 181 Å². The van der Waals surface area contributed by atoms with Gasteiger partial charge in [0.15, 0.2) is 6.54 Å². The van der Waals surface area contributed by atoms with Gasteiger partial charge in [-0.25, -0.2) is 4.68 Å². The number of quaternary nitrogens is 1. The summed E-state index contributed by atoms with van der Waals surface area (Å²) in [5.41, 5.74) is 9.30. The van der Waals surface area contributed by atoms with E-state index in [-0.39, 0.29) is 17.7 Å². The number of anilines is 1. The van der Waals surface area contributed by atoms with E-state index in [0.29, 0.717) is 18.9 Å². The number of hydrogen-bond donors (Lipinski definition) is 3. The predicted octanol–water partition coefficient (Wildman–Crippen LogP) is 1.57. The molecule has 2 aromatic carbocycles. The first-order valence-electron chi connectivity index (χ1n) is 10.6. The minimum atomic E-state index is -0.275. The summed E-state index contributed by atoms with van der Waals surface area (Å²) in [6, 6.07) is 19.8. The highest BCUT2D eigenvalue weighted by Crippen LogP contribution is 2.25. The van der Waals surface area contributed by atoms with E-state index in [0.717, 1.165) is 41.2 Å². The van der Waals surface area contributed by atoms with Crippen LogP contribution in [0.4, 0.5) is 5.82 Å². The van der Waals surface area contributed by atoms with Crippen molar-refractivity contribution in [3.63, 3.8) is 0 Å². The number of rotatable bonds is 6. The van der Waals surface area contributed by atoms with Gasteiger partial charge in [-0.1, -0.05) is 48.0 Å². The lowest BCUT2D eigenvalue weighted by Gasteiger charge is -2.27. The zero-order chi connectivity index (χ0) is 21.8. The number of piperidine rings is 1. The summed E-state index contributed by atoms with van der Waals surface area (Å²) in [6.45, 7) is 3.81. The highest BCUT2D eigenvalue weighted by Gasteiger charge is 2.28. The minimum Gasteiger partial charge on any atom is -0.369 e. The Bertz CT molecular complexity index is 1060. The van der Waals surface area contributed by atoms with Gasteiger partial charge in [0, 0.05) is 11.6 Å². The van der Waals surface area contributed by atoms with E-state index in [2.05, 4.69) is 5.32 Å². The molecule has 1 saturated heterocycles. The second-order valence-electron chi connectivity index (χ2n) is 8.20. The molecule has 0 radical (unpaired) electrons. The summed E-state index contributed by atoms with van der Waals surface area (Å²) in [5, 5.41) is 7.78. The number of carbonyl (C=O) groups is 2. The van der Waals surface area contributed by atoms with Crippen LogP contribution in [-0.2, 0) is 9.59 Å². The van der Waals surface area contributed by atoms with Crippen molar-refractivity contribution in [3.8, 4) is 16.9 Å². The summed E-state index contributed by atoms with van der Waals surface area (Å²) < 4.78 is 1.75. The minimum absolute atomic E-state index is 0.104. The number of hydrogen-bond acceptors (Lipinski definition) is 3. The number of carbonyl (C=O) groups excluding carboxylic acids is 2. The van der Waals surface area contributed by atoms with Crippen LogP contribution in [0.25, 0.3) is 16.9 Å². The number of primary amides is 1. The fraction of sp³-hybridized carbons (Fsp3) is 0.292. The number of aromatic nitrogens is 2. The van der Waals surface area contributed by atoms with Gasteiger partial charge in [0.2, 0.25) is 5.91 Å². The number of para-hydroxylation sites is 1. The van der Waals surface area contributed by atoms with Gasteiger partial charge in [0.05, 0.1) is 30.4 Å². The Kier molecular flexibility index (Phi) is 6.13. The quantitative estimate of drug-likeness (QED) is 0.567. The molecule has 1 unspecified atom stereocenters. The Morgan fingerprint density at radius 2 is 1.90 bits per heavy atom. The van der Waals surface area contributed by atoms with Gasteiger partial charge < -0.3 is 16.0 Å². The molecule has 7 nitrogen and oxygen atoms in total. The monoisotopic (exact) mass is 418 g/mol. The van der Waals surface area contributed by atoms with Crippen molar-refractivity contribution in [1.29, 1.82) is 0 Å². The molecule has 160 valence electrons. The Morgan fingerprint density at radius 1 is 1.16 bits per heavy atom. The van der Waals surface area contributed by atoms with Crippen LogP contribution in [0.3, 0.4) is 0 Å². The van der Waals surface area contributed by atoms with Crippen molar-refractivity contribution < 1.29 is 14.5 Å². The fourth-order valence-electron chi connectivity index (χ4n) is 4.07. The fourth-order valence-corrected chi connectivity index (χ4v) is 4.07. The molecule has 7 heteroatoms. The SMILES string of the molecule is Cc1ccc(-c2cc(NC(=O)C[NH+]3CCC[C@H](C(N)=O)C3)n(-c3ccccc3)n2)cc1. The lowest BCUT2D eigenvalue weighted by molar-refractivity contribution is -0.899. The summed E-state index contributed by atoms with van der Waals surface area (Å²) in [6.07, 6.45) is 1.71. The van der Waals surface area contributed by atoms with Crippen molar-refractivity contribution >= 4 is 17.6 Å². The lowest BCUT2D eigenvalue weighted by Crippen LogP contribution is -3.14. The van der Waals surface area contributed by atoms with Gasteiger partial charge in [-0.15, -0.1) is 0 Å². The number of amides is 2. The molecule has 1 aliphatic heterocycles. The third-order valence-corrected chi connectivity index (χ3v) is 5.76. The summed E-state index contributed by atoms with van der Waals surface area (Å²) in [5.74, 6) is 0.0873. The molecule has 2 amide bonds. The Morgan fingerprint density at radius 3 is 2.61 bits per heavy atom.